The zero-order valence-corrected chi connectivity index (χ0v) is 11.1. The van der Waals surface area contributed by atoms with Crippen molar-refractivity contribution in [2.45, 2.75) is 18.1 Å². The second-order valence-corrected chi connectivity index (χ2v) is 5.32. The van der Waals surface area contributed by atoms with Crippen molar-refractivity contribution in [3.05, 3.63) is 65.2 Å². The van der Waals surface area contributed by atoms with E-state index in [0.29, 0.717) is 6.42 Å². The first kappa shape index (κ1) is 11.7. The maximum absolute atomic E-state index is 12.5. The number of carbonyl (C=O) groups excluding carboxylic acids is 1. The summed E-state index contributed by atoms with van der Waals surface area (Å²) in [6, 6.07) is 15.5. The summed E-state index contributed by atoms with van der Waals surface area (Å²) in [4.78, 5) is 12.5. The van der Waals surface area contributed by atoms with Gasteiger partial charge >= 0.3 is 0 Å². The monoisotopic (exact) mass is 266 g/mol. The van der Waals surface area contributed by atoms with E-state index in [1.54, 1.807) is 7.11 Å². The number of hydrogen-bond acceptors (Lipinski definition) is 3. The minimum Gasteiger partial charge on any atom is -0.497 e. The van der Waals surface area contributed by atoms with Crippen LogP contribution in [0.4, 0.5) is 0 Å². The number of fused-ring (bicyclic) bond motifs is 1. The summed E-state index contributed by atoms with van der Waals surface area (Å²) in [6.07, 6.45) is 0.548. The largest absolute Gasteiger partial charge is 0.497 e. The van der Waals surface area contributed by atoms with Gasteiger partial charge in [-0.1, -0.05) is 36.4 Å². The van der Waals surface area contributed by atoms with Crippen molar-refractivity contribution in [2.24, 2.45) is 0 Å². The van der Waals surface area contributed by atoms with Crippen molar-refractivity contribution < 1.29 is 14.3 Å². The van der Waals surface area contributed by atoms with Crippen molar-refractivity contribution in [3.63, 3.8) is 0 Å². The minimum atomic E-state index is -0.654. The molecule has 0 saturated carbocycles. The van der Waals surface area contributed by atoms with Crippen LogP contribution in [-0.4, -0.2) is 18.5 Å². The van der Waals surface area contributed by atoms with Gasteiger partial charge in [0, 0.05) is 12.0 Å². The topological polar surface area (TPSA) is 38.8 Å². The third kappa shape index (κ3) is 1.47. The van der Waals surface area contributed by atoms with Crippen LogP contribution in [0.5, 0.6) is 5.75 Å². The van der Waals surface area contributed by atoms with Gasteiger partial charge in [-0.15, -0.1) is 0 Å². The van der Waals surface area contributed by atoms with Crippen molar-refractivity contribution in [1.29, 1.82) is 0 Å². The molecular weight excluding hydrogens is 252 g/mol. The predicted octanol–water partition coefficient (Wildman–Crippen LogP) is 2.94. The fourth-order valence-corrected chi connectivity index (χ4v) is 3.09. The Morgan fingerprint density at radius 2 is 1.90 bits per heavy atom. The standard InChI is InChI=1S/C17H14O3/c1-19-13-8-6-11(7-9-13)16-17(20-16)10-12-4-2-3-5-14(12)15(17)18/h2-9,16H,10H2,1H3/t16-,17-/m0/s1. The Morgan fingerprint density at radius 3 is 2.60 bits per heavy atom. The van der Waals surface area contributed by atoms with E-state index in [1.165, 1.54) is 0 Å². The second kappa shape index (κ2) is 3.93. The lowest BCUT2D eigenvalue weighted by Crippen LogP contribution is -2.20. The molecule has 0 N–H and O–H groups in total. The van der Waals surface area contributed by atoms with E-state index in [9.17, 15) is 4.79 Å². The van der Waals surface area contributed by atoms with Gasteiger partial charge in [0.2, 0.25) is 0 Å². The number of methoxy groups -OCH3 is 1. The van der Waals surface area contributed by atoms with Crippen LogP contribution in [0.25, 0.3) is 0 Å². The van der Waals surface area contributed by atoms with Crippen LogP contribution in [0, 0.1) is 0 Å². The zero-order chi connectivity index (χ0) is 13.7. The van der Waals surface area contributed by atoms with Crippen molar-refractivity contribution in [3.8, 4) is 5.75 Å². The van der Waals surface area contributed by atoms with Gasteiger partial charge in [-0.3, -0.25) is 4.79 Å². The summed E-state index contributed by atoms with van der Waals surface area (Å²) in [5.41, 5.74) is 2.28. The maximum Gasteiger partial charge on any atom is 0.198 e. The number of hydrogen-bond donors (Lipinski definition) is 0. The van der Waals surface area contributed by atoms with E-state index in [1.807, 2.05) is 48.5 Å². The maximum atomic E-state index is 12.5. The number of carbonyl (C=O) groups is 1. The summed E-state index contributed by atoms with van der Waals surface area (Å²) in [6.45, 7) is 0. The van der Waals surface area contributed by atoms with Crippen LogP contribution in [0.15, 0.2) is 48.5 Å². The Morgan fingerprint density at radius 1 is 1.15 bits per heavy atom. The van der Waals surface area contributed by atoms with Gasteiger partial charge in [0.05, 0.1) is 7.11 Å². The Hall–Kier alpha value is -2.13. The van der Waals surface area contributed by atoms with Gasteiger partial charge in [-0.25, -0.2) is 0 Å². The lowest BCUT2D eigenvalue weighted by atomic mass is 9.95. The molecule has 3 heteroatoms. The first-order valence-corrected chi connectivity index (χ1v) is 6.69. The van der Waals surface area contributed by atoms with Crippen molar-refractivity contribution in [1.82, 2.24) is 0 Å². The van der Waals surface area contributed by atoms with E-state index in [-0.39, 0.29) is 11.9 Å². The van der Waals surface area contributed by atoms with Crippen LogP contribution < -0.4 is 4.74 Å². The van der Waals surface area contributed by atoms with Crippen LogP contribution in [-0.2, 0) is 11.2 Å². The molecule has 1 saturated heterocycles. The summed E-state index contributed by atoms with van der Waals surface area (Å²) < 4.78 is 11.0. The van der Waals surface area contributed by atoms with Crippen molar-refractivity contribution >= 4 is 5.78 Å². The first-order valence-electron chi connectivity index (χ1n) is 6.69. The molecule has 2 aliphatic rings. The number of epoxide rings is 1. The van der Waals surface area contributed by atoms with Gasteiger partial charge in [0.1, 0.15) is 11.9 Å². The molecule has 1 fully saturated rings. The Balaban J connectivity index is 1.65. The zero-order valence-electron chi connectivity index (χ0n) is 11.1. The highest BCUT2D eigenvalue weighted by Crippen LogP contribution is 2.56. The average molecular weight is 266 g/mol. The molecule has 2 aromatic carbocycles. The number of ether oxygens (including phenoxy) is 2. The number of rotatable bonds is 2. The number of Topliss-reactive ketones (excluding diaryl/α,β-unsaturated/α-hetero) is 1. The molecule has 2 atom stereocenters. The van der Waals surface area contributed by atoms with Gasteiger partial charge < -0.3 is 9.47 Å². The van der Waals surface area contributed by atoms with E-state index in [0.717, 1.165) is 22.4 Å². The molecule has 2 aromatic rings. The fraction of sp³-hybridized carbons (Fsp3) is 0.235. The third-order valence-corrected chi connectivity index (χ3v) is 4.21. The quantitative estimate of drug-likeness (QED) is 0.784. The predicted molar refractivity (Wildman–Crippen MR) is 74.0 cm³/mol. The molecule has 3 nitrogen and oxygen atoms in total. The van der Waals surface area contributed by atoms with Crippen LogP contribution in [0.1, 0.15) is 27.6 Å². The van der Waals surface area contributed by atoms with Crippen LogP contribution in [0.3, 0.4) is 0 Å². The smallest absolute Gasteiger partial charge is 0.198 e. The highest BCUT2D eigenvalue weighted by atomic mass is 16.6. The summed E-state index contributed by atoms with van der Waals surface area (Å²) >= 11 is 0. The third-order valence-electron chi connectivity index (χ3n) is 4.21. The molecule has 0 unspecified atom stereocenters. The molecule has 0 aromatic heterocycles. The van der Waals surface area contributed by atoms with Gasteiger partial charge in [0.25, 0.3) is 0 Å². The highest BCUT2D eigenvalue weighted by molar-refractivity contribution is 6.09. The molecular formula is C17H14O3. The van der Waals surface area contributed by atoms with Gasteiger partial charge in [0.15, 0.2) is 11.4 Å². The Kier molecular flexibility index (Phi) is 2.30. The number of benzene rings is 2. The molecule has 0 radical (unpaired) electrons. The van der Waals surface area contributed by atoms with E-state index in [4.69, 9.17) is 9.47 Å². The molecule has 4 rings (SSSR count). The summed E-state index contributed by atoms with van der Waals surface area (Å²) in [7, 11) is 1.64. The second-order valence-electron chi connectivity index (χ2n) is 5.32. The molecule has 1 aliphatic carbocycles. The van der Waals surface area contributed by atoms with Crippen LogP contribution in [0.2, 0.25) is 0 Å². The Bertz CT molecular complexity index is 690. The highest BCUT2D eigenvalue weighted by Gasteiger charge is 2.65. The molecule has 0 bridgehead atoms. The SMILES string of the molecule is COc1ccc([C@@H]2O[C@]23Cc2ccccc2C3=O)cc1. The van der Waals surface area contributed by atoms with Gasteiger partial charge in [-0.05, 0) is 23.3 Å². The molecule has 1 spiro atoms. The van der Waals surface area contributed by atoms with E-state index >= 15 is 0 Å². The van der Waals surface area contributed by atoms with Gasteiger partial charge in [-0.2, -0.15) is 0 Å². The van der Waals surface area contributed by atoms with E-state index < -0.39 is 5.60 Å². The van der Waals surface area contributed by atoms with Crippen LogP contribution >= 0.6 is 0 Å². The molecule has 1 heterocycles. The van der Waals surface area contributed by atoms with E-state index in [2.05, 4.69) is 0 Å². The lowest BCUT2D eigenvalue weighted by molar-refractivity contribution is 0.0894. The Labute approximate surface area is 117 Å². The lowest BCUT2D eigenvalue weighted by Gasteiger charge is -2.03. The normalized spacial score (nSPS) is 26.6. The fourth-order valence-electron chi connectivity index (χ4n) is 3.09. The molecule has 100 valence electrons. The first-order chi connectivity index (χ1) is 9.74. The number of ketones is 1. The molecule has 0 amide bonds. The molecule has 20 heavy (non-hydrogen) atoms. The molecule has 1 aliphatic heterocycles. The van der Waals surface area contributed by atoms with Crippen molar-refractivity contribution in [2.75, 3.05) is 7.11 Å². The minimum absolute atomic E-state index is 0.119. The average Bonchev–Trinajstić information content (AvgIpc) is 3.15. The summed E-state index contributed by atoms with van der Waals surface area (Å²) in [5.74, 6) is 0.929. The summed E-state index contributed by atoms with van der Waals surface area (Å²) in [5, 5.41) is 0.